The van der Waals surface area contributed by atoms with E-state index in [4.69, 9.17) is 35.4 Å². The lowest BCUT2D eigenvalue weighted by molar-refractivity contribution is -0.0230. The van der Waals surface area contributed by atoms with E-state index in [9.17, 15) is 0 Å². The molecule has 102 valence electrons. The van der Waals surface area contributed by atoms with Crippen molar-refractivity contribution in [2.75, 3.05) is 33.1 Å². The second-order valence-corrected chi connectivity index (χ2v) is 6.21. The van der Waals surface area contributed by atoms with Crippen LogP contribution < -0.4 is 0 Å². The Hall–Kier alpha value is -0.390. The smallest absolute Gasteiger partial charge is 0.114 e. The van der Waals surface area contributed by atoms with Gasteiger partial charge in [-0.05, 0) is 18.6 Å². The molecule has 2 atom stereocenters. The lowest BCUT2D eigenvalue weighted by atomic mass is 10.2. The molecule has 6 heteroatoms. The highest BCUT2D eigenvalue weighted by molar-refractivity contribution is 7.80. The second-order valence-electron chi connectivity index (χ2n) is 5.01. The number of halogens is 2. The standard InChI is InChI=1S/C13H15Cl2N3S/c14-10-3-1-4-11(15)12(10)13(19)18-8-16-5-2-6-17(7-16)9-18/h1,3-4H,2,5-9H2. The number of hydrogen-bond acceptors (Lipinski definition) is 3. The van der Waals surface area contributed by atoms with Gasteiger partial charge in [-0.25, -0.2) is 0 Å². The van der Waals surface area contributed by atoms with Crippen molar-refractivity contribution in [3.05, 3.63) is 33.8 Å². The lowest BCUT2D eigenvalue weighted by Gasteiger charge is -2.46. The molecule has 1 aromatic carbocycles. The SMILES string of the molecule is S=C(c1c(Cl)cccc1Cl)N1CN2CCCN(C2)C1. The van der Waals surface area contributed by atoms with Crippen LogP contribution in [0.15, 0.2) is 18.2 Å². The second kappa shape index (κ2) is 5.54. The zero-order valence-corrected chi connectivity index (χ0v) is 12.8. The number of hydrogen-bond donors (Lipinski definition) is 0. The third-order valence-corrected chi connectivity index (χ3v) is 4.65. The molecule has 2 saturated heterocycles. The molecule has 2 aliphatic rings. The minimum atomic E-state index is 0.623. The van der Waals surface area contributed by atoms with Crippen molar-refractivity contribution in [3.63, 3.8) is 0 Å². The van der Waals surface area contributed by atoms with Crippen molar-refractivity contribution in [1.29, 1.82) is 0 Å². The van der Waals surface area contributed by atoms with Gasteiger partial charge < -0.3 is 4.90 Å². The zero-order valence-electron chi connectivity index (χ0n) is 10.5. The van der Waals surface area contributed by atoms with Crippen LogP contribution in [0.5, 0.6) is 0 Å². The fraction of sp³-hybridized carbons (Fsp3) is 0.462. The van der Waals surface area contributed by atoms with E-state index in [1.165, 1.54) is 6.42 Å². The maximum absolute atomic E-state index is 6.24. The number of benzene rings is 1. The van der Waals surface area contributed by atoms with E-state index in [1.807, 2.05) is 18.2 Å². The third kappa shape index (κ3) is 2.73. The van der Waals surface area contributed by atoms with Crippen LogP contribution in [0.4, 0.5) is 0 Å². The van der Waals surface area contributed by atoms with E-state index in [-0.39, 0.29) is 0 Å². The van der Waals surface area contributed by atoms with Crippen molar-refractivity contribution in [3.8, 4) is 0 Å². The normalized spacial score (nSPS) is 26.3. The summed E-state index contributed by atoms with van der Waals surface area (Å²) in [6.45, 7) is 5.01. The Labute approximate surface area is 128 Å². The molecule has 19 heavy (non-hydrogen) atoms. The summed E-state index contributed by atoms with van der Waals surface area (Å²) in [7, 11) is 0. The van der Waals surface area contributed by atoms with Crippen LogP contribution in [0.25, 0.3) is 0 Å². The summed E-state index contributed by atoms with van der Waals surface area (Å²) in [5.41, 5.74) is 0.781. The molecule has 0 spiro atoms. The first-order chi connectivity index (χ1) is 9.15. The largest absolute Gasteiger partial charge is 0.336 e. The molecule has 0 saturated carbocycles. The monoisotopic (exact) mass is 315 g/mol. The summed E-state index contributed by atoms with van der Waals surface area (Å²) >= 11 is 18.1. The van der Waals surface area contributed by atoms with Gasteiger partial charge in [0.15, 0.2) is 0 Å². The molecule has 0 aromatic heterocycles. The first kappa shape index (κ1) is 13.6. The van der Waals surface area contributed by atoms with Gasteiger partial charge in [-0.15, -0.1) is 0 Å². The number of rotatable bonds is 1. The van der Waals surface area contributed by atoms with Crippen LogP contribution in [0.1, 0.15) is 12.0 Å². The quantitative estimate of drug-likeness (QED) is 0.737. The van der Waals surface area contributed by atoms with E-state index in [0.29, 0.717) is 10.0 Å². The molecule has 3 nitrogen and oxygen atoms in total. The molecule has 2 aliphatic heterocycles. The van der Waals surface area contributed by atoms with Crippen LogP contribution in [0, 0.1) is 0 Å². The zero-order chi connectivity index (χ0) is 13.4. The molecule has 0 amide bonds. The maximum Gasteiger partial charge on any atom is 0.114 e. The molecule has 2 fully saturated rings. The molecule has 2 heterocycles. The van der Waals surface area contributed by atoms with E-state index < -0.39 is 0 Å². The van der Waals surface area contributed by atoms with Crippen molar-refractivity contribution in [2.24, 2.45) is 0 Å². The van der Waals surface area contributed by atoms with Crippen molar-refractivity contribution < 1.29 is 0 Å². The van der Waals surface area contributed by atoms with Crippen molar-refractivity contribution in [1.82, 2.24) is 14.7 Å². The van der Waals surface area contributed by atoms with Gasteiger partial charge in [-0.1, -0.05) is 41.5 Å². The molecule has 1 aromatic rings. The number of thiocarbonyl (C=S) groups is 1. The molecule has 2 bridgehead atoms. The minimum Gasteiger partial charge on any atom is -0.336 e. The molecule has 0 aliphatic carbocycles. The predicted molar refractivity (Wildman–Crippen MR) is 82.6 cm³/mol. The van der Waals surface area contributed by atoms with Gasteiger partial charge in [-0.3, -0.25) is 9.80 Å². The Morgan fingerprint density at radius 2 is 1.58 bits per heavy atom. The van der Waals surface area contributed by atoms with E-state index in [1.54, 1.807) is 0 Å². The number of fused-ring (bicyclic) bond motifs is 2. The van der Waals surface area contributed by atoms with Gasteiger partial charge in [0.1, 0.15) is 4.99 Å². The van der Waals surface area contributed by atoms with Crippen LogP contribution >= 0.6 is 35.4 Å². The first-order valence-corrected chi connectivity index (χ1v) is 7.49. The molecule has 0 radical (unpaired) electrons. The number of nitrogens with zero attached hydrogens (tertiary/aromatic N) is 3. The topological polar surface area (TPSA) is 9.72 Å². The van der Waals surface area contributed by atoms with Crippen LogP contribution in [0.3, 0.4) is 0 Å². The van der Waals surface area contributed by atoms with E-state index >= 15 is 0 Å². The van der Waals surface area contributed by atoms with Crippen molar-refractivity contribution >= 4 is 40.4 Å². The fourth-order valence-corrected chi connectivity index (χ4v) is 3.71. The van der Waals surface area contributed by atoms with Crippen molar-refractivity contribution in [2.45, 2.75) is 6.42 Å². The Morgan fingerprint density at radius 1 is 1.00 bits per heavy atom. The van der Waals surface area contributed by atoms with Gasteiger partial charge in [0, 0.05) is 18.7 Å². The molecule has 3 rings (SSSR count). The highest BCUT2D eigenvalue weighted by atomic mass is 35.5. The Kier molecular flexibility index (Phi) is 3.96. The molecular weight excluding hydrogens is 301 g/mol. The summed E-state index contributed by atoms with van der Waals surface area (Å²) in [6.07, 6.45) is 1.23. The fourth-order valence-electron chi connectivity index (χ4n) is 2.69. The summed E-state index contributed by atoms with van der Waals surface area (Å²) in [6, 6.07) is 5.51. The Bertz CT molecular complexity index is 476. The molecule has 2 unspecified atom stereocenters. The summed E-state index contributed by atoms with van der Waals surface area (Å²) < 4.78 is 0. The van der Waals surface area contributed by atoms with Gasteiger partial charge >= 0.3 is 0 Å². The maximum atomic E-state index is 6.24. The summed E-state index contributed by atoms with van der Waals surface area (Å²) in [5.74, 6) is 0. The van der Waals surface area contributed by atoms with Gasteiger partial charge in [0.25, 0.3) is 0 Å². The van der Waals surface area contributed by atoms with Gasteiger partial charge in [0.05, 0.1) is 30.1 Å². The lowest BCUT2D eigenvalue weighted by Crippen LogP contribution is -2.59. The molecular formula is C13H15Cl2N3S. The predicted octanol–water partition coefficient (Wildman–Crippen LogP) is 2.86. The highest BCUT2D eigenvalue weighted by Gasteiger charge is 2.29. The van der Waals surface area contributed by atoms with E-state index in [2.05, 4.69) is 14.7 Å². The van der Waals surface area contributed by atoms with E-state index in [0.717, 1.165) is 43.6 Å². The average molecular weight is 316 g/mol. The first-order valence-electron chi connectivity index (χ1n) is 6.33. The minimum absolute atomic E-state index is 0.623. The van der Waals surface area contributed by atoms with Crippen LogP contribution in [0.2, 0.25) is 10.0 Å². The summed E-state index contributed by atoms with van der Waals surface area (Å²) in [4.78, 5) is 7.70. The van der Waals surface area contributed by atoms with Crippen LogP contribution in [-0.2, 0) is 0 Å². The Balaban J connectivity index is 1.84. The third-order valence-electron chi connectivity index (χ3n) is 3.55. The van der Waals surface area contributed by atoms with Gasteiger partial charge in [0.2, 0.25) is 0 Å². The highest BCUT2D eigenvalue weighted by Crippen LogP contribution is 2.27. The van der Waals surface area contributed by atoms with Gasteiger partial charge in [-0.2, -0.15) is 0 Å². The Morgan fingerprint density at radius 3 is 2.16 bits per heavy atom. The molecule has 0 N–H and O–H groups in total. The summed E-state index contributed by atoms with van der Waals surface area (Å²) in [5, 5.41) is 1.25. The average Bonchev–Trinajstić information content (AvgIpc) is 2.37. The van der Waals surface area contributed by atoms with Crippen LogP contribution in [-0.4, -0.2) is 52.8 Å².